The van der Waals surface area contributed by atoms with Crippen molar-refractivity contribution in [2.45, 2.75) is 57.1 Å². The lowest BCUT2D eigenvalue weighted by molar-refractivity contribution is -0.171. The summed E-state index contributed by atoms with van der Waals surface area (Å²) in [6.45, 7) is 2.41. The second kappa shape index (κ2) is 9.54. The lowest BCUT2D eigenvalue weighted by Crippen LogP contribution is -2.74. The Morgan fingerprint density at radius 3 is 1.97 bits per heavy atom. The van der Waals surface area contributed by atoms with E-state index in [1.54, 1.807) is 11.9 Å². The van der Waals surface area contributed by atoms with Gasteiger partial charge in [0, 0.05) is 40.8 Å². The SMILES string of the molecule is COC1=C(C)C(=O)C2=C(C1=O)[C@H](COC(C)=O)N1[C@@H](O)C3CC4=C(C(=O)C(OC)=C(OC)C4=O)C([C@@H]1C2)N3C. The van der Waals surface area contributed by atoms with Crippen LogP contribution in [0.25, 0.3) is 0 Å². The summed E-state index contributed by atoms with van der Waals surface area (Å²) < 4.78 is 21.1. The number of hydrogen-bond acceptors (Lipinski definition) is 12. The lowest BCUT2D eigenvalue weighted by atomic mass is 9.69. The average molecular weight is 543 g/mol. The van der Waals surface area contributed by atoms with Crippen molar-refractivity contribution in [3.8, 4) is 0 Å². The summed E-state index contributed by atoms with van der Waals surface area (Å²) in [6, 6.07) is -3.11. The second-order valence-corrected chi connectivity index (χ2v) is 10.2. The first-order chi connectivity index (χ1) is 18.5. The second-order valence-electron chi connectivity index (χ2n) is 10.2. The maximum atomic E-state index is 13.7. The number of rotatable bonds is 5. The van der Waals surface area contributed by atoms with E-state index in [4.69, 9.17) is 18.9 Å². The average Bonchev–Trinajstić information content (AvgIpc) is 2.90. The minimum atomic E-state index is -1.23. The summed E-state index contributed by atoms with van der Waals surface area (Å²) in [4.78, 5) is 69.5. The fraction of sp³-hybridized carbons (Fsp3) is 0.519. The molecule has 12 nitrogen and oxygen atoms in total. The standard InChI is InChI=1S/C27H30N2O10/c1-10-20(31)12-7-14-19-18-13(21(32)25(37-5)26(38-6)23(18)34)8-15(28(19)3)27(35)29(14)16(9-39-11(2)30)17(12)22(33)24(10)36-4/h14-16,19,27,35H,7-9H2,1-6H3/t14-,15?,16-,19?,27-/m0/s1. The molecule has 0 aromatic rings. The van der Waals surface area contributed by atoms with Gasteiger partial charge in [-0.3, -0.25) is 33.8 Å². The fourth-order valence-electron chi connectivity index (χ4n) is 6.75. The van der Waals surface area contributed by atoms with Gasteiger partial charge in [-0.2, -0.15) is 0 Å². The number of carbonyl (C=O) groups is 5. The zero-order valence-corrected chi connectivity index (χ0v) is 22.5. The van der Waals surface area contributed by atoms with Gasteiger partial charge in [0.25, 0.3) is 0 Å². The Kier molecular flexibility index (Phi) is 6.60. The number of esters is 1. The summed E-state index contributed by atoms with van der Waals surface area (Å²) in [5.74, 6) is -3.05. The number of nitrogens with zero attached hydrogens (tertiary/aromatic N) is 2. The monoisotopic (exact) mass is 542 g/mol. The Balaban J connectivity index is 1.69. The zero-order chi connectivity index (χ0) is 28.5. The van der Waals surface area contributed by atoms with Crippen molar-refractivity contribution in [3.05, 3.63) is 45.1 Å². The number of allylic oxidation sites excluding steroid dienone is 4. The van der Waals surface area contributed by atoms with Crippen LogP contribution >= 0.6 is 0 Å². The van der Waals surface area contributed by atoms with Crippen LogP contribution in [0.15, 0.2) is 45.1 Å². The first-order valence-corrected chi connectivity index (χ1v) is 12.5. The van der Waals surface area contributed by atoms with Gasteiger partial charge in [-0.15, -0.1) is 0 Å². The molecule has 0 amide bonds. The molecule has 0 spiro atoms. The van der Waals surface area contributed by atoms with Crippen molar-refractivity contribution < 1.29 is 48.0 Å². The van der Waals surface area contributed by atoms with E-state index in [0.29, 0.717) is 0 Å². The van der Waals surface area contributed by atoms with Crippen molar-refractivity contribution in [2.75, 3.05) is 35.0 Å². The van der Waals surface area contributed by atoms with Gasteiger partial charge >= 0.3 is 5.97 Å². The maximum absolute atomic E-state index is 13.7. The minimum absolute atomic E-state index is 0.00497. The fourth-order valence-corrected chi connectivity index (χ4v) is 6.75. The minimum Gasteiger partial charge on any atom is -0.492 e. The quantitative estimate of drug-likeness (QED) is 0.360. The summed E-state index contributed by atoms with van der Waals surface area (Å²) in [5.41, 5.74) is 0.877. The molecule has 208 valence electrons. The normalized spacial score (nSPS) is 31.3. The van der Waals surface area contributed by atoms with Crippen molar-refractivity contribution in [1.82, 2.24) is 9.80 Å². The number of hydrogen-bond donors (Lipinski definition) is 1. The Hall–Kier alpha value is -3.61. The van der Waals surface area contributed by atoms with E-state index in [1.165, 1.54) is 35.2 Å². The van der Waals surface area contributed by atoms with Crippen molar-refractivity contribution >= 4 is 29.1 Å². The highest BCUT2D eigenvalue weighted by Gasteiger charge is 2.60. The molecule has 1 saturated heterocycles. The molecule has 3 aliphatic heterocycles. The molecule has 0 aromatic heterocycles. The Bertz CT molecular complexity index is 1350. The maximum Gasteiger partial charge on any atom is 0.302 e. The van der Waals surface area contributed by atoms with E-state index in [0.717, 1.165) is 0 Å². The zero-order valence-electron chi connectivity index (χ0n) is 22.5. The molecule has 2 unspecified atom stereocenters. The first kappa shape index (κ1) is 27.0. The van der Waals surface area contributed by atoms with Crippen LogP contribution in [-0.4, -0.2) is 109 Å². The summed E-state index contributed by atoms with van der Waals surface area (Å²) >= 11 is 0. The smallest absolute Gasteiger partial charge is 0.302 e. The van der Waals surface area contributed by atoms with Gasteiger partial charge < -0.3 is 24.1 Å². The van der Waals surface area contributed by atoms with Crippen LogP contribution in [0.1, 0.15) is 26.7 Å². The van der Waals surface area contributed by atoms with Crippen LogP contribution in [0.5, 0.6) is 0 Å². The van der Waals surface area contributed by atoms with Gasteiger partial charge in [0.1, 0.15) is 12.8 Å². The molecule has 3 heterocycles. The van der Waals surface area contributed by atoms with E-state index < -0.39 is 59.5 Å². The summed E-state index contributed by atoms with van der Waals surface area (Å²) in [7, 11) is 5.60. The van der Waals surface area contributed by atoms with Crippen LogP contribution in [0.2, 0.25) is 0 Å². The van der Waals surface area contributed by atoms with Gasteiger partial charge in [-0.1, -0.05) is 0 Å². The van der Waals surface area contributed by atoms with Gasteiger partial charge in [0.05, 0.1) is 39.5 Å². The Morgan fingerprint density at radius 2 is 1.38 bits per heavy atom. The van der Waals surface area contributed by atoms with Gasteiger partial charge in [-0.25, -0.2) is 0 Å². The van der Waals surface area contributed by atoms with E-state index in [1.807, 2.05) is 4.90 Å². The van der Waals surface area contributed by atoms with Crippen molar-refractivity contribution in [1.29, 1.82) is 0 Å². The van der Waals surface area contributed by atoms with Crippen LogP contribution in [-0.2, 0) is 42.9 Å². The number of piperazine rings is 1. The number of aliphatic hydroxyl groups is 1. The molecular formula is C27H30N2O10. The molecule has 2 aliphatic carbocycles. The van der Waals surface area contributed by atoms with E-state index in [9.17, 15) is 29.1 Å². The molecule has 5 aliphatic rings. The van der Waals surface area contributed by atoms with Gasteiger partial charge in [0.15, 0.2) is 11.5 Å². The third-order valence-electron chi connectivity index (χ3n) is 8.42. The predicted octanol–water partition coefficient (Wildman–Crippen LogP) is -0.281. The molecule has 1 N–H and O–H groups in total. The summed E-state index contributed by atoms with van der Waals surface area (Å²) in [6.07, 6.45) is -1.20. The number of likely N-dealkylation sites (N-methyl/N-ethyl adjacent to an activating group) is 1. The molecule has 0 saturated carbocycles. The van der Waals surface area contributed by atoms with Gasteiger partial charge in [0.2, 0.25) is 28.9 Å². The Morgan fingerprint density at radius 1 is 0.846 bits per heavy atom. The number of fused-ring (bicyclic) bond motifs is 5. The molecule has 0 aromatic carbocycles. The van der Waals surface area contributed by atoms with Crippen molar-refractivity contribution in [3.63, 3.8) is 0 Å². The number of ether oxygens (including phenoxy) is 4. The van der Waals surface area contributed by atoms with E-state index in [-0.39, 0.29) is 64.6 Å². The summed E-state index contributed by atoms with van der Waals surface area (Å²) in [5, 5.41) is 11.7. The molecule has 12 heteroatoms. The van der Waals surface area contributed by atoms with Crippen LogP contribution in [0, 0.1) is 0 Å². The number of ketones is 4. The number of Topliss-reactive ketones (excluding diaryl/α,β-unsaturated/α-hetero) is 4. The lowest BCUT2D eigenvalue weighted by Gasteiger charge is -2.60. The number of carbonyl (C=O) groups excluding carboxylic acids is 5. The van der Waals surface area contributed by atoms with Gasteiger partial charge in [-0.05, 0) is 26.8 Å². The predicted molar refractivity (Wildman–Crippen MR) is 131 cm³/mol. The molecule has 5 atom stereocenters. The van der Waals surface area contributed by atoms with Crippen LogP contribution in [0.3, 0.4) is 0 Å². The third kappa shape index (κ3) is 3.65. The van der Waals surface area contributed by atoms with E-state index >= 15 is 0 Å². The number of aliphatic hydroxyl groups excluding tert-OH is 1. The molecule has 1 fully saturated rings. The molecule has 0 radical (unpaired) electrons. The molecule has 2 bridgehead atoms. The van der Waals surface area contributed by atoms with Crippen LogP contribution in [0.4, 0.5) is 0 Å². The molecule has 5 rings (SSSR count). The largest absolute Gasteiger partial charge is 0.492 e. The van der Waals surface area contributed by atoms with Crippen LogP contribution < -0.4 is 0 Å². The van der Waals surface area contributed by atoms with E-state index in [2.05, 4.69) is 0 Å². The Labute approximate surface area is 224 Å². The highest BCUT2D eigenvalue weighted by atomic mass is 16.5. The number of methoxy groups -OCH3 is 3. The van der Waals surface area contributed by atoms with Crippen molar-refractivity contribution in [2.24, 2.45) is 0 Å². The third-order valence-corrected chi connectivity index (χ3v) is 8.42. The first-order valence-electron chi connectivity index (χ1n) is 12.5. The molecule has 39 heavy (non-hydrogen) atoms. The topological polar surface area (TPSA) is 149 Å². The highest BCUT2D eigenvalue weighted by molar-refractivity contribution is 6.26. The highest BCUT2D eigenvalue weighted by Crippen LogP contribution is 2.48. The molecular weight excluding hydrogens is 512 g/mol.